The first kappa shape index (κ1) is 13.6. The Labute approximate surface area is 123 Å². The lowest BCUT2D eigenvalue weighted by atomic mass is 9.73. The Balaban J connectivity index is 1.76. The molecule has 0 saturated heterocycles. The van der Waals surface area contributed by atoms with Crippen molar-refractivity contribution in [3.8, 4) is 0 Å². The summed E-state index contributed by atoms with van der Waals surface area (Å²) in [5.41, 5.74) is 2.92. The minimum absolute atomic E-state index is 0.0250. The maximum absolute atomic E-state index is 10.5. The van der Waals surface area contributed by atoms with Crippen molar-refractivity contribution >= 4 is 15.9 Å². The molecule has 0 aromatic heterocycles. The number of halogens is 1. The van der Waals surface area contributed by atoms with E-state index in [-0.39, 0.29) is 16.3 Å². The molecule has 104 valence electrons. The minimum Gasteiger partial charge on any atom is -0.391 e. The smallest absolute Gasteiger partial charge is 0.0731 e. The highest BCUT2D eigenvalue weighted by molar-refractivity contribution is 9.09. The van der Waals surface area contributed by atoms with Crippen molar-refractivity contribution in [1.82, 2.24) is 4.90 Å². The maximum atomic E-state index is 10.5. The molecule has 3 atom stereocenters. The van der Waals surface area contributed by atoms with Gasteiger partial charge >= 0.3 is 0 Å². The predicted molar refractivity (Wildman–Crippen MR) is 81.2 cm³/mol. The number of aliphatic hydroxyl groups excluding tert-OH is 1. The Morgan fingerprint density at radius 1 is 1.21 bits per heavy atom. The Kier molecular flexibility index (Phi) is 3.48. The third-order valence-electron chi connectivity index (χ3n) is 4.89. The zero-order valence-corrected chi connectivity index (χ0v) is 13.2. The van der Waals surface area contributed by atoms with Crippen LogP contribution >= 0.6 is 15.9 Å². The van der Waals surface area contributed by atoms with E-state index in [9.17, 15) is 5.11 Å². The van der Waals surface area contributed by atoms with Crippen LogP contribution in [0.3, 0.4) is 0 Å². The van der Waals surface area contributed by atoms with Gasteiger partial charge in [-0.15, -0.1) is 0 Å². The summed E-state index contributed by atoms with van der Waals surface area (Å²) in [5.74, 6) is 0. The van der Waals surface area contributed by atoms with Crippen LogP contribution in [0.25, 0.3) is 0 Å². The Morgan fingerprint density at radius 2 is 1.79 bits per heavy atom. The molecule has 3 rings (SSSR count). The fourth-order valence-electron chi connectivity index (χ4n) is 3.45. The van der Waals surface area contributed by atoms with E-state index >= 15 is 0 Å². The lowest BCUT2D eigenvalue weighted by Crippen LogP contribution is -2.53. The number of alkyl halides is 1. The van der Waals surface area contributed by atoms with Gasteiger partial charge in [0.2, 0.25) is 0 Å². The third-order valence-corrected chi connectivity index (χ3v) is 6.00. The number of nitrogens with zero attached hydrogens (tertiary/aromatic N) is 1. The van der Waals surface area contributed by atoms with Crippen molar-refractivity contribution in [2.24, 2.45) is 5.41 Å². The van der Waals surface area contributed by atoms with E-state index in [1.54, 1.807) is 0 Å². The van der Waals surface area contributed by atoms with Crippen LogP contribution in [-0.2, 0) is 13.1 Å². The van der Waals surface area contributed by atoms with Gasteiger partial charge in [-0.2, -0.15) is 0 Å². The number of aliphatic hydroxyl groups is 1. The SMILES string of the molecule is CC1(C)CC[C@@H](N2Cc3ccccc3C2)[C@H](Br)[C@H]1O. The highest BCUT2D eigenvalue weighted by Crippen LogP contribution is 2.42. The number of benzene rings is 1. The van der Waals surface area contributed by atoms with Gasteiger partial charge in [-0.3, -0.25) is 4.90 Å². The fraction of sp³-hybridized carbons (Fsp3) is 0.625. The first-order valence-electron chi connectivity index (χ1n) is 7.12. The summed E-state index contributed by atoms with van der Waals surface area (Å²) in [4.78, 5) is 2.69. The number of rotatable bonds is 1. The zero-order chi connectivity index (χ0) is 13.6. The van der Waals surface area contributed by atoms with Crippen molar-refractivity contribution in [3.63, 3.8) is 0 Å². The van der Waals surface area contributed by atoms with Crippen LogP contribution in [0.5, 0.6) is 0 Å². The van der Waals surface area contributed by atoms with Crippen LogP contribution < -0.4 is 0 Å². The third kappa shape index (κ3) is 2.37. The Bertz CT molecular complexity index is 449. The second-order valence-corrected chi connectivity index (χ2v) is 7.71. The van der Waals surface area contributed by atoms with Gasteiger partial charge < -0.3 is 5.11 Å². The van der Waals surface area contributed by atoms with E-state index in [4.69, 9.17) is 0 Å². The maximum Gasteiger partial charge on any atom is 0.0731 e. The average Bonchev–Trinajstić information content (AvgIpc) is 2.79. The van der Waals surface area contributed by atoms with E-state index in [1.807, 2.05) is 0 Å². The quantitative estimate of drug-likeness (QED) is 0.801. The molecule has 1 aliphatic carbocycles. The van der Waals surface area contributed by atoms with E-state index < -0.39 is 0 Å². The van der Waals surface area contributed by atoms with Gasteiger partial charge in [0.1, 0.15) is 0 Å². The molecule has 0 spiro atoms. The molecule has 1 aromatic rings. The largest absolute Gasteiger partial charge is 0.391 e. The topological polar surface area (TPSA) is 23.5 Å². The van der Waals surface area contributed by atoms with Gasteiger partial charge in [0.25, 0.3) is 0 Å². The first-order chi connectivity index (χ1) is 8.99. The molecule has 19 heavy (non-hydrogen) atoms. The first-order valence-corrected chi connectivity index (χ1v) is 8.03. The molecule has 2 aliphatic rings. The normalized spacial score (nSPS) is 34.2. The van der Waals surface area contributed by atoms with Crippen molar-refractivity contribution in [2.75, 3.05) is 0 Å². The molecule has 0 unspecified atom stereocenters. The number of fused-ring (bicyclic) bond motifs is 1. The van der Waals surface area contributed by atoms with Crippen LogP contribution in [0, 0.1) is 5.41 Å². The molecular formula is C16H22BrNO. The zero-order valence-electron chi connectivity index (χ0n) is 11.6. The van der Waals surface area contributed by atoms with Crippen molar-refractivity contribution in [2.45, 2.75) is 56.8 Å². The van der Waals surface area contributed by atoms with Crippen LogP contribution in [0.2, 0.25) is 0 Å². The van der Waals surface area contributed by atoms with Crippen molar-refractivity contribution < 1.29 is 5.11 Å². The highest BCUT2D eigenvalue weighted by atomic mass is 79.9. The predicted octanol–water partition coefficient (Wildman–Crippen LogP) is 3.32. The highest BCUT2D eigenvalue weighted by Gasteiger charge is 2.44. The molecule has 1 aromatic carbocycles. The van der Waals surface area contributed by atoms with Gasteiger partial charge in [-0.25, -0.2) is 0 Å². The van der Waals surface area contributed by atoms with Gasteiger partial charge in [0.15, 0.2) is 0 Å². The average molecular weight is 324 g/mol. The molecule has 1 fully saturated rings. The van der Waals surface area contributed by atoms with Gasteiger partial charge in [-0.05, 0) is 29.4 Å². The molecule has 3 heteroatoms. The second-order valence-electron chi connectivity index (χ2n) is 6.66. The van der Waals surface area contributed by atoms with Crippen molar-refractivity contribution in [3.05, 3.63) is 35.4 Å². The number of hydrogen-bond acceptors (Lipinski definition) is 2. The van der Waals surface area contributed by atoms with Crippen LogP contribution in [0.1, 0.15) is 37.8 Å². The molecule has 1 N–H and O–H groups in total. The Hall–Kier alpha value is -0.380. The van der Waals surface area contributed by atoms with E-state index in [2.05, 4.69) is 58.9 Å². The van der Waals surface area contributed by atoms with Gasteiger partial charge in [-0.1, -0.05) is 54.0 Å². The van der Waals surface area contributed by atoms with Crippen LogP contribution in [-0.4, -0.2) is 27.0 Å². The molecule has 2 nitrogen and oxygen atoms in total. The molecule has 1 saturated carbocycles. The number of hydrogen-bond donors (Lipinski definition) is 1. The minimum atomic E-state index is -0.269. The molecule has 0 bridgehead atoms. The van der Waals surface area contributed by atoms with Crippen LogP contribution in [0.15, 0.2) is 24.3 Å². The molecule has 0 radical (unpaired) electrons. The Morgan fingerprint density at radius 3 is 2.37 bits per heavy atom. The summed E-state index contributed by atoms with van der Waals surface area (Å²) in [5, 5.41) is 10.5. The lowest BCUT2D eigenvalue weighted by molar-refractivity contribution is -0.0173. The summed E-state index contributed by atoms with van der Waals surface area (Å²) in [7, 11) is 0. The molecule has 1 heterocycles. The monoisotopic (exact) mass is 323 g/mol. The molecule has 0 amide bonds. The summed E-state index contributed by atoms with van der Waals surface area (Å²) < 4.78 is 0. The van der Waals surface area contributed by atoms with Gasteiger partial charge in [0, 0.05) is 19.1 Å². The summed E-state index contributed by atoms with van der Waals surface area (Å²) in [6, 6.07) is 9.12. The summed E-state index contributed by atoms with van der Waals surface area (Å²) in [6.07, 6.45) is 1.98. The van der Waals surface area contributed by atoms with E-state index in [0.717, 1.165) is 25.9 Å². The summed E-state index contributed by atoms with van der Waals surface area (Å²) >= 11 is 3.76. The molecular weight excluding hydrogens is 302 g/mol. The second kappa shape index (κ2) is 4.87. The van der Waals surface area contributed by atoms with E-state index in [1.165, 1.54) is 11.1 Å². The van der Waals surface area contributed by atoms with E-state index in [0.29, 0.717) is 6.04 Å². The van der Waals surface area contributed by atoms with Crippen molar-refractivity contribution in [1.29, 1.82) is 0 Å². The fourth-order valence-corrected chi connectivity index (χ4v) is 4.76. The molecule has 1 aliphatic heterocycles. The lowest BCUT2D eigenvalue weighted by Gasteiger charge is -2.46. The standard InChI is InChI=1S/C16H22BrNO/c1-16(2)8-7-13(14(17)15(16)19)18-9-11-5-3-4-6-12(11)10-18/h3-6,13-15,19H,7-10H2,1-2H3/t13-,14+,15-/m1/s1. The van der Waals surface area contributed by atoms with Crippen LogP contribution in [0.4, 0.5) is 0 Å². The summed E-state index contributed by atoms with van der Waals surface area (Å²) in [6.45, 7) is 6.38. The van der Waals surface area contributed by atoms with Gasteiger partial charge in [0.05, 0.1) is 10.9 Å².